The molecule has 22 heavy (non-hydrogen) atoms. The van der Waals surface area contributed by atoms with Gasteiger partial charge in [0.15, 0.2) is 0 Å². The first kappa shape index (κ1) is 27.3. The number of carboxylic acids is 1. The van der Waals surface area contributed by atoms with E-state index in [1.165, 1.54) is 83.5 Å². The van der Waals surface area contributed by atoms with Crippen molar-refractivity contribution in [2.45, 2.75) is 110 Å². The summed E-state index contributed by atoms with van der Waals surface area (Å²) in [5, 5.41) is 8.52. The van der Waals surface area contributed by atoms with Crippen molar-refractivity contribution in [2.24, 2.45) is 0 Å². The quantitative estimate of drug-likeness (QED) is 0.279. The van der Waals surface area contributed by atoms with Gasteiger partial charge in [-0.1, -0.05) is 96.8 Å². The molecule has 0 aliphatic rings. The topological polar surface area (TPSA) is 37.3 Å². The monoisotopic (exact) mass is 321 g/mol. The summed E-state index contributed by atoms with van der Waals surface area (Å²) in [6.45, 7) is 2.27. The van der Waals surface area contributed by atoms with E-state index in [4.69, 9.17) is 5.11 Å². The Labute approximate surface area is 164 Å². The van der Waals surface area contributed by atoms with Crippen LogP contribution >= 0.6 is 0 Å². The Morgan fingerprint density at radius 1 is 0.682 bits per heavy atom. The fourth-order valence-electron chi connectivity index (χ4n) is 2.65. The van der Waals surface area contributed by atoms with E-state index in [-0.39, 0.29) is 38.9 Å². The summed E-state index contributed by atoms with van der Waals surface area (Å²) in [6, 6.07) is 0. The molecular formula is C18H40BeMgO2. The SMILES string of the molecule is CCCCCCCCCCCCCCCCCC(=O)O.[Be+2].[H-].[H-].[H-].[H-].[Mg+2]. The van der Waals surface area contributed by atoms with Crippen molar-refractivity contribution < 1.29 is 15.6 Å². The second-order valence-electron chi connectivity index (χ2n) is 6.09. The molecule has 0 spiro atoms. The average Bonchev–Trinajstić information content (AvgIpc) is 2.43. The van der Waals surface area contributed by atoms with Crippen LogP contribution in [0.5, 0.6) is 0 Å². The van der Waals surface area contributed by atoms with E-state index in [0.29, 0.717) is 6.42 Å². The summed E-state index contributed by atoms with van der Waals surface area (Å²) in [7, 11) is 0. The molecule has 0 aliphatic heterocycles. The summed E-state index contributed by atoms with van der Waals surface area (Å²) in [5.74, 6) is -0.653. The van der Waals surface area contributed by atoms with E-state index in [2.05, 4.69) is 6.92 Å². The number of aliphatic carboxylic acids is 1. The van der Waals surface area contributed by atoms with Crippen molar-refractivity contribution >= 4 is 39.1 Å². The molecule has 0 aromatic carbocycles. The molecule has 0 saturated carbocycles. The zero-order valence-corrected chi connectivity index (χ0v) is 16.5. The van der Waals surface area contributed by atoms with E-state index in [0.717, 1.165) is 12.8 Å². The Morgan fingerprint density at radius 2 is 0.955 bits per heavy atom. The molecule has 0 atom stereocenters. The maximum atomic E-state index is 10.3. The number of unbranched alkanes of at least 4 members (excludes halogenated alkanes) is 14. The van der Waals surface area contributed by atoms with Crippen LogP contribution in [0.4, 0.5) is 0 Å². The van der Waals surface area contributed by atoms with Crippen LogP contribution in [0.1, 0.15) is 115 Å². The molecule has 2 nitrogen and oxygen atoms in total. The Kier molecular flexibility index (Phi) is 29.3. The van der Waals surface area contributed by atoms with E-state index in [1.54, 1.807) is 0 Å². The molecule has 0 unspecified atom stereocenters. The largest absolute Gasteiger partial charge is 2.00 e. The first-order valence-corrected chi connectivity index (χ1v) is 8.99. The summed E-state index contributed by atoms with van der Waals surface area (Å²) in [6.07, 6.45) is 20.2. The minimum Gasteiger partial charge on any atom is -1.00 e. The van der Waals surface area contributed by atoms with Crippen molar-refractivity contribution in [1.82, 2.24) is 0 Å². The summed E-state index contributed by atoms with van der Waals surface area (Å²) in [5.41, 5.74) is 0. The van der Waals surface area contributed by atoms with Crippen molar-refractivity contribution in [1.29, 1.82) is 0 Å². The minimum absolute atomic E-state index is 0. The molecule has 0 amide bonds. The summed E-state index contributed by atoms with van der Waals surface area (Å²) < 4.78 is 0. The van der Waals surface area contributed by atoms with Gasteiger partial charge in [-0.25, -0.2) is 0 Å². The second-order valence-corrected chi connectivity index (χ2v) is 6.09. The number of carboxylic acid groups (broad SMARTS) is 1. The van der Waals surface area contributed by atoms with Crippen molar-refractivity contribution in [3.63, 3.8) is 0 Å². The maximum absolute atomic E-state index is 10.3. The fourth-order valence-corrected chi connectivity index (χ4v) is 2.65. The van der Waals surface area contributed by atoms with Crippen LogP contribution in [0.15, 0.2) is 0 Å². The van der Waals surface area contributed by atoms with Gasteiger partial charge < -0.3 is 10.8 Å². The van der Waals surface area contributed by atoms with Gasteiger partial charge in [0.05, 0.1) is 0 Å². The molecule has 0 aromatic rings. The Balaban J connectivity index is -0.000000120. The van der Waals surface area contributed by atoms with Gasteiger partial charge in [0, 0.05) is 6.42 Å². The molecule has 0 radical (unpaired) electrons. The first-order valence-electron chi connectivity index (χ1n) is 8.99. The molecule has 1 N–H and O–H groups in total. The van der Waals surface area contributed by atoms with Crippen LogP contribution in [-0.2, 0) is 4.79 Å². The van der Waals surface area contributed by atoms with Gasteiger partial charge in [0.1, 0.15) is 0 Å². The average molecular weight is 322 g/mol. The van der Waals surface area contributed by atoms with Gasteiger partial charge in [0.25, 0.3) is 0 Å². The number of carbonyl (C=O) groups is 1. The molecular weight excluding hydrogens is 282 g/mol. The summed E-state index contributed by atoms with van der Waals surface area (Å²) in [4.78, 5) is 10.3. The Hall–Kier alpha value is 0.405. The van der Waals surface area contributed by atoms with Gasteiger partial charge in [-0.15, -0.1) is 0 Å². The van der Waals surface area contributed by atoms with E-state index in [1.807, 2.05) is 0 Å². The molecule has 0 aromatic heterocycles. The van der Waals surface area contributed by atoms with Crippen LogP contribution in [0, 0.1) is 0 Å². The fraction of sp³-hybridized carbons (Fsp3) is 0.944. The minimum atomic E-state index is -0.653. The predicted molar refractivity (Wildman–Crippen MR) is 103 cm³/mol. The predicted octanol–water partition coefficient (Wildman–Crippen LogP) is 6.02. The summed E-state index contributed by atoms with van der Waals surface area (Å²) >= 11 is 0. The molecule has 0 fully saturated rings. The normalized spacial score (nSPS) is 9.86. The van der Waals surface area contributed by atoms with Gasteiger partial charge in [0.2, 0.25) is 0 Å². The number of hydrogen-bond acceptors (Lipinski definition) is 1. The molecule has 4 heteroatoms. The maximum Gasteiger partial charge on any atom is 2.00 e. The molecule has 0 saturated heterocycles. The molecule has 0 heterocycles. The van der Waals surface area contributed by atoms with Crippen LogP contribution in [0.2, 0.25) is 0 Å². The van der Waals surface area contributed by atoms with E-state index >= 15 is 0 Å². The Bertz CT molecular complexity index is 229. The second kappa shape index (κ2) is 23.7. The molecule has 0 bridgehead atoms. The van der Waals surface area contributed by atoms with Crippen LogP contribution < -0.4 is 0 Å². The zero-order chi connectivity index (χ0) is 14.9. The Morgan fingerprint density at radius 3 is 1.23 bits per heavy atom. The molecule has 0 rings (SSSR count). The van der Waals surface area contributed by atoms with Crippen molar-refractivity contribution in [2.75, 3.05) is 0 Å². The van der Waals surface area contributed by atoms with Gasteiger partial charge in [-0.05, 0) is 6.42 Å². The van der Waals surface area contributed by atoms with E-state index in [9.17, 15) is 4.79 Å². The molecule has 128 valence electrons. The zero-order valence-electron chi connectivity index (χ0n) is 19.1. The van der Waals surface area contributed by atoms with Crippen molar-refractivity contribution in [3.8, 4) is 0 Å². The standard InChI is InChI=1S/C18H36O2.Be.Mg.4H/c1-2-3-4-5-6-7-8-9-10-11-12-13-14-15-16-17-18(19)20;;;;;;/h2-17H2,1H3,(H,19,20);;;;;;/q;2*+2;4*-1. The van der Waals surface area contributed by atoms with Gasteiger partial charge >= 0.3 is 39.1 Å². The third kappa shape index (κ3) is 25.4. The van der Waals surface area contributed by atoms with E-state index < -0.39 is 5.97 Å². The van der Waals surface area contributed by atoms with Crippen LogP contribution in [0.3, 0.4) is 0 Å². The van der Waals surface area contributed by atoms with Crippen LogP contribution in [0.25, 0.3) is 0 Å². The van der Waals surface area contributed by atoms with Crippen molar-refractivity contribution in [3.05, 3.63) is 0 Å². The third-order valence-electron chi connectivity index (χ3n) is 3.99. The van der Waals surface area contributed by atoms with Crippen LogP contribution in [-0.4, -0.2) is 44.2 Å². The number of rotatable bonds is 16. The van der Waals surface area contributed by atoms with Gasteiger partial charge in [-0.3, -0.25) is 4.79 Å². The third-order valence-corrected chi connectivity index (χ3v) is 3.99. The van der Waals surface area contributed by atoms with Gasteiger partial charge in [-0.2, -0.15) is 0 Å². The smallest absolute Gasteiger partial charge is 1.00 e. The first-order chi connectivity index (χ1) is 9.77. The number of hydrogen-bond donors (Lipinski definition) is 1. The molecule has 0 aliphatic carbocycles.